The van der Waals surface area contributed by atoms with Crippen molar-refractivity contribution in [3.8, 4) is 0 Å². The molecular formula is C20H38O7. The average Bonchev–Trinajstić information content (AvgIpc) is 2.62. The van der Waals surface area contributed by atoms with Gasteiger partial charge in [0.2, 0.25) is 0 Å². The molecule has 0 aromatic carbocycles. The van der Waals surface area contributed by atoms with Crippen LogP contribution in [-0.4, -0.2) is 63.2 Å². The number of aliphatic hydroxyl groups is 3. The summed E-state index contributed by atoms with van der Waals surface area (Å²) < 4.78 is 11.1. The van der Waals surface area contributed by atoms with E-state index in [1.807, 2.05) is 0 Å². The monoisotopic (exact) mass is 390 g/mol. The number of carbonyl (C=O) groups is 1. The summed E-state index contributed by atoms with van der Waals surface area (Å²) in [6.07, 6.45) is 4.50. The van der Waals surface area contributed by atoms with Gasteiger partial charge in [-0.15, -0.1) is 0 Å². The van der Waals surface area contributed by atoms with Gasteiger partial charge in [-0.1, -0.05) is 64.7 Å². The summed E-state index contributed by atoms with van der Waals surface area (Å²) in [7, 11) is 0. The van der Waals surface area contributed by atoms with Crippen LogP contribution in [0.5, 0.6) is 0 Å². The molecule has 2 unspecified atom stereocenters. The molecule has 1 aliphatic rings. The highest BCUT2D eigenvalue weighted by atomic mass is 16.7. The molecule has 0 bridgehead atoms. The molecule has 0 spiro atoms. The maximum Gasteiger partial charge on any atom is 0.305 e. The number of carboxylic acid groups (broad SMARTS) is 1. The van der Waals surface area contributed by atoms with Crippen LogP contribution >= 0.6 is 0 Å². The first kappa shape index (κ1) is 24.3. The Bertz CT molecular complexity index is 404. The fourth-order valence-corrected chi connectivity index (χ4v) is 3.41. The SMILES string of the molecule is CCCCCCCCCCCC(CC(=O)O)OC1O[C@@H](C)[C@H](O)[C@@H](O)[C@H]1O. The van der Waals surface area contributed by atoms with E-state index in [-0.39, 0.29) is 6.42 Å². The van der Waals surface area contributed by atoms with E-state index in [1.165, 1.54) is 38.5 Å². The van der Waals surface area contributed by atoms with Crippen LogP contribution in [0, 0.1) is 0 Å². The summed E-state index contributed by atoms with van der Waals surface area (Å²) in [6, 6.07) is 0. The number of rotatable bonds is 14. The van der Waals surface area contributed by atoms with Gasteiger partial charge in [-0.05, 0) is 13.3 Å². The highest BCUT2D eigenvalue weighted by Gasteiger charge is 2.43. The zero-order chi connectivity index (χ0) is 20.2. The second-order valence-corrected chi connectivity index (χ2v) is 7.65. The number of unbranched alkanes of at least 4 members (excludes halogenated alkanes) is 8. The summed E-state index contributed by atoms with van der Waals surface area (Å²) in [5.74, 6) is -0.977. The number of aliphatic hydroxyl groups excluding tert-OH is 3. The van der Waals surface area contributed by atoms with Crippen LogP contribution in [0.2, 0.25) is 0 Å². The van der Waals surface area contributed by atoms with E-state index in [9.17, 15) is 20.1 Å². The molecular weight excluding hydrogens is 352 g/mol. The van der Waals surface area contributed by atoms with Crippen LogP contribution in [0.3, 0.4) is 0 Å². The fourth-order valence-electron chi connectivity index (χ4n) is 3.41. The summed E-state index contributed by atoms with van der Waals surface area (Å²) in [6.45, 7) is 3.78. The lowest BCUT2D eigenvalue weighted by molar-refractivity contribution is -0.304. The quantitative estimate of drug-likeness (QED) is 0.337. The Morgan fingerprint density at radius 2 is 1.48 bits per heavy atom. The van der Waals surface area contributed by atoms with Crippen molar-refractivity contribution in [1.29, 1.82) is 0 Å². The summed E-state index contributed by atoms with van der Waals surface area (Å²) >= 11 is 0. The third kappa shape index (κ3) is 9.34. The number of ether oxygens (including phenoxy) is 2. The second kappa shape index (κ2) is 13.4. The molecule has 7 nitrogen and oxygen atoms in total. The Labute approximate surface area is 162 Å². The highest BCUT2D eigenvalue weighted by molar-refractivity contribution is 5.67. The number of aliphatic carboxylic acids is 1. The van der Waals surface area contributed by atoms with Gasteiger partial charge in [0.05, 0.1) is 18.6 Å². The van der Waals surface area contributed by atoms with E-state index < -0.39 is 42.8 Å². The lowest BCUT2D eigenvalue weighted by Gasteiger charge is -2.40. The zero-order valence-electron chi connectivity index (χ0n) is 16.8. The predicted molar refractivity (Wildman–Crippen MR) is 101 cm³/mol. The first-order valence-electron chi connectivity index (χ1n) is 10.4. The molecule has 0 saturated carbocycles. The smallest absolute Gasteiger partial charge is 0.305 e. The molecule has 0 aromatic heterocycles. The van der Waals surface area contributed by atoms with Crippen molar-refractivity contribution in [2.75, 3.05) is 0 Å². The maximum absolute atomic E-state index is 11.1. The normalized spacial score (nSPS) is 29.6. The van der Waals surface area contributed by atoms with Gasteiger partial charge in [0.1, 0.15) is 18.3 Å². The Balaban J connectivity index is 2.33. The van der Waals surface area contributed by atoms with Crippen molar-refractivity contribution in [1.82, 2.24) is 0 Å². The molecule has 0 amide bonds. The van der Waals surface area contributed by atoms with Crippen LogP contribution in [0.25, 0.3) is 0 Å². The van der Waals surface area contributed by atoms with E-state index >= 15 is 0 Å². The third-order valence-corrected chi connectivity index (χ3v) is 5.17. The van der Waals surface area contributed by atoms with Crippen molar-refractivity contribution in [2.45, 2.75) is 121 Å². The van der Waals surface area contributed by atoms with E-state index in [1.54, 1.807) is 6.92 Å². The van der Waals surface area contributed by atoms with E-state index in [4.69, 9.17) is 14.6 Å². The van der Waals surface area contributed by atoms with E-state index in [0.717, 1.165) is 19.3 Å². The molecule has 1 aliphatic heterocycles. The van der Waals surface area contributed by atoms with Gasteiger partial charge < -0.3 is 29.9 Å². The van der Waals surface area contributed by atoms with Gasteiger partial charge in [-0.2, -0.15) is 0 Å². The summed E-state index contributed by atoms with van der Waals surface area (Å²) in [5, 5.41) is 38.7. The fraction of sp³-hybridized carbons (Fsp3) is 0.950. The van der Waals surface area contributed by atoms with Crippen molar-refractivity contribution in [2.24, 2.45) is 0 Å². The Morgan fingerprint density at radius 3 is 2.04 bits per heavy atom. The van der Waals surface area contributed by atoms with Crippen LogP contribution in [-0.2, 0) is 14.3 Å². The minimum absolute atomic E-state index is 0.184. The Hall–Kier alpha value is -0.730. The summed E-state index contributed by atoms with van der Waals surface area (Å²) in [4.78, 5) is 11.1. The van der Waals surface area contributed by atoms with Crippen molar-refractivity contribution in [3.05, 3.63) is 0 Å². The van der Waals surface area contributed by atoms with Crippen molar-refractivity contribution < 1.29 is 34.7 Å². The number of carboxylic acids is 1. The van der Waals surface area contributed by atoms with E-state index in [2.05, 4.69) is 6.92 Å². The van der Waals surface area contributed by atoms with Gasteiger partial charge in [0.25, 0.3) is 0 Å². The largest absolute Gasteiger partial charge is 0.481 e. The average molecular weight is 391 g/mol. The molecule has 0 radical (unpaired) electrons. The van der Waals surface area contributed by atoms with Crippen LogP contribution in [0.15, 0.2) is 0 Å². The molecule has 7 heteroatoms. The van der Waals surface area contributed by atoms with Gasteiger partial charge in [-0.25, -0.2) is 0 Å². The second-order valence-electron chi connectivity index (χ2n) is 7.65. The van der Waals surface area contributed by atoms with Crippen molar-refractivity contribution >= 4 is 5.97 Å². The number of hydrogen-bond donors (Lipinski definition) is 4. The number of hydrogen-bond acceptors (Lipinski definition) is 6. The molecule has 160 valence electrons. The lowest BCUT2D eigenvalue weighted by Crippen LogP contribution is -2.58. The molecule has 6 atom stereocenters. The molecule has 1 saturated heterocycles. The molecule has 1 heterocycles. The zero-order valence-corrected chi connectivity index (χ0v) is 16.8. The van der Waals surface area contributed by atoms with E-state index in [0.29, 0.717) is 6.42 Å². The molecule has 0 aliphatic carbocycles. The Morgan fingerprint density at radius 1 is 0.926 bits per heavy atom. The molecule has 1 rings (SSSR count). The maximum atomic E-state index is 11.1. The molecule has 4 N–H and O–H groups in total. The van der Waals surface area contributed by atoms with Gasteiger partial charge in [-0.3, -0.25) is 4.79 Å². The van der Waals surface area contributed by atoms with Crippen LogP contribution in [0.1, 0.15) is 84.5 Å². The van der Waals surface area contributed by atoms with Gasteiger partial charge in [0.15, 0.2) is 6.29 Å². The molecule has 27 heavy (non-hydrogen) atoms. The lowest BCUT2D eigenvalue weighted by atomic mass is 9.99. The first-order chi connectivity index (χ1) is 12.9. The predicted octanol–water partition coefficient (Wildman–Crippen LogP) is 2.59. The molecule has 1 fully saturated rings. The minimum Gasteiger partial charge on any atom is -0.481 e. The Kier molecular flexibility index (Phi) is 12.1. The standard InChI is InChI=1S/C20H38O7/c1-3-4-5-6-7-8-9-10-11-12-15(13-16(21)22)27-20-19(25)18(24)17(23)14(2)26-20/h14-15,17-20,23-25H,3-13H2,1-2H3,(H,21,22)/t14-,15?,17-,18+,19+,20?/m0/s1. The summed E-state index contributed by atoms with van der Waals surface area (Å²) in [5.41, 5.74) is 0. The van der Waals surface area contributed by atoms with Gasteiger partial charge in [0, 0.05) is 0 Å². The van der Waals surface area contributed by atoms with Crippen LogP contribution in [0.4, 0.5) is 0 Å². The third-order valence-electron chi connectivity index (χ3n) is 5.17. The molecule has 0 aromatic rings. The minimum atomic E-state index is -1.41. The van der Waals surface area contributed by atoms with Crippen LogP contribution < -0.4 is 0 Å². The van der Waals surface area contributed by atoms with Gasteiger partial charge >= 0.3 is 5.97 Å². The van der Waals surface area contributed by atoms with Crippen molar-refractivity contribution in [3.63, 3.8) is 0 Å². The topological polar surface area (TPSA) is 116 Å². The highest BCUT2D eigenvalue weighted by Crippen LogP contribution is 2.25. The first-order valence-corrected chi connectivity index (χ1v) is 10.4.